The molecule has 0 saturated carbocycles. The first-order chi connectivity index (χ1) is 12.5. The van der Waals surface area contributed by atoms with E-state index >= 15 is 0 Å². The molecule has 0 N–H and O–H groups in total. The number of fused-ring (bicyclic) bond motifs is 1. The molecule has 1 aliphatic rings. The van der Waals surface area contributed by atoms with Crippen molar-refractivity contribution in [2.24, 2.45) is 5.41 Å². The van der Waals surface area contributed by atoms with E-state index in [0.29, 0.717) is 6.42 Å². The van der Waals surface area contributed by atoms with Gasteiger partial charge in [0.15, 0.2) is 5.78 Å². The lowest BCUT2D eigenvalue weighted by Crippen LogP contribution is -2.28. The van der Waals surface area contributed by atoms with E-state index in [0.717, 1.165) is 33.2 Å². The standard InChI is InChI=1S/C22H21NOS2/c1-22(2)12-17-16(21-23-10-11-25-21)8-9-19(20(17)18(24)13-22)26-14-15-6-4-3-5-7-15/h3-11H,12-14H2,1-2H3. The fourth-order valence-electron chi connectivity index (χ4n) is 3.59. The molecule has 2 aromatic carbocycles. The molecule has 132 valence electrons. The number of thioether (sulfide) groups is 1. The Balaban J connectivity index is 1.76. The van der Waals surface area contributed by atoms with Crippen LogP contribution in [0.5, 0.6) is 0 Å². The van der Waals surface area contributed by atoms with Gasteiger partial charge in [-0.15, -0.1) is 23.1 Å². The number of carbonyl (C=O) groups excluding carboxylic acids is 1. The molecule has 4 heteroatoms. The maximum atomic E-state index is 13.0. The Hall–Kier alpha value is -1.91. The minimum atomic E-state index is -0.00118. The number of hydrogen-bond acceptors (Lipinski definition) is 4. The second-order valence-electron chi connectivity index (χ2n) is 7.52. The molecule has 0 spiro atoms. The zero-order valence-corrected chi connectivity index (χ0v) is 16.6. The Morgan fingerprint density at radius 3 is 2.65 bits per heavy atom. The Labute approximate surface area is 162 Å². The summed E-state index contributed by atoms with van der Waals surface area (Å²) in [6.07, 6.45) is 3.36. The molecule has 0 aliphatic heterocycles. The van der Waals surface area contributed by atoms with Gasteiger partial charge in [0.25, 0.3) is 0 Å². The first-order valence-electron chi connectivity index (χ1n) is 8.79. The van der Waals surface area contributed by atoms with E-state index in [1.165, 1.54) is 11.1 Å². The summed E-state index contributed by atoms with van der Waals surface area (Å²) in [5.41, 5.74) is 4.51. The van der Waals surface area contributed by atoms with Crippen LogP contribution in [0.15, 0.2) is 58.9 Å². The molecule has 2 nitrogen and oxygen atoms in total. The van der Waals surface area contributed by atoms with E-state index in [1.807, 2.05) is 17.6 Å². The third-order valence-corrected chi connectivity index (χ3v) is 6.68. The normalized spacial score (nSPS) is 15.7. The third-order valence-electron chi connectivity index (χ3n) is 4.75. The van der Waals surface area contributed by atoms with E-state index in [1.54, 1.807) is 23.1 Å². The van der Waals surface area contributed by atoms with Crippen molar-refractivity contribution in [3.63, 3.8) is 0 Å². The number of benzene rings is 2. The van der Waals surface area contributed by atoms with E-state index in [2.05, 4.69) is 55.2 Å². The summed E-state index contributed by atoms with van der Waals surface area (Å²) in [4.78, 5) is 18.6. The highest BCUT2D eigenvalue weighted by molar-refractivity contribution is 7.98. The van der Waals surface area contributed by atoms with Crippen LogP contribution in [0.2, 0.25) is 0 Å². The zero-order chi connectivity index (χ0) is 18.1. The van der Waals surface area contributed by atoms with E-state index in [9.17, 15) is 4.79 Å². The minimum absolute atomic E-state index is 0.00118. The first-order valence-corrected chi connectivity index (χ1v) is 10.7. The maximum absolute atomic E-state index is 13.0. The molecule has 3 aromatic rings. The van der Waals surface area contributed by atoms with Crippen molar-refractivity contribution in [1.29, 1.82) is 0 Å². The van der Waals surface area contributed by atoms with E-state index in [-0.39, 0.29) is 11.2 Å². The van der Waals surface area contributed by atoms with Crippen molar-refractivity contribution in [2.75, 3.05) is 0 Å². The molecule has 0 amide bonds. The zero-order valence-electron chi connectivity index (χ0n) is 15.0. The number of aromatic nitrogens is 1. The fourth-order valence-corrected chi connectivity index (χ4v) is 5.34. The quantitative estimate of drug-likeness (QED) is 0.501. The van der Waals surface area contributed by atoms with Crippen molar-refractivity contribution >= 4 is 28.9 Å². The maximum Gasteiger partial charge on any atom is 0.164 e. The van der Waals surface area contributed by atoms with Crippen LogP contribution in [0.25, 0.3) is 10.6 Å². The smallest absolute Gasteiger partial charge is 0.164 e. The molecule has 4 rings (SSSR count). The molecular weight excluding hydrogens is 358 g/mol. The molecule has 0 unspecified atom stereocenters. The number of hydrogen-bond donors (Lipinski definition) is 0. The summed E-state index contributed by atoms with van der Waals surface area (Å²) in [5.74, 6) is 1.14. The average Bonchev–Trinajstić information content (AvgIpc) is 3.13. The van der Waals surface area contributed by atoms with Gasteiger partial charge in [0.2, 0.25) is 0 Å². The van der Waals surface area contributed by atoms with Gasteiger partial charge in [-0.3, -0.25) is 4.79 Å². The number of thiazole rings is 1. The van der Waals surface area contributed by atoms with Crippen LogP contribution in [0.4, 0.5) is 0 Å². The summed E-state index contributed by atoms with van der Waals surface area (Å²) in [5, 5.41) is 3.00. The SMILES string of the molecule is CC1(C)CC(=O)c2c(SCc3ccccc3)ccc(-c3nccs3)c2C1. The van der Waals surface area contributed by atoms with Crippen molar-refractivity contribution in [1.82, 2.24) is 4.98 Å². The van der Waals surface area contributed by atoms with Gasteiger partial charge in [0, 0.05) is 39.8 Å². The van der Waals surface area contributed by atoms with Gasteiger partial charge in [0.05, 0.1) is 0 Å². The lowest BCUT2D eigenvalue weighted by Gasteiger charge is -2.32. The lowest BCUT2D eigenvalue weighted by molar-refractivity contribution is 0.0909. The van der Waals surface area contributed by atoms with Crippen LogP contribution in [0, 0.1) is 5.41 Å². The van der Waals surface area contributed by atoms with Crippen molar-refractivity contribution in [3.05, 3.63) is 70.7 Å². The highest BCUT2D eigenvalue weighted by atomic mass is 32.2. The first kappa shape index (κ1) is 17.5. The predicted octanol–water partition coefficient (Wildman–Crippen LogP) is 6.26. The van der Waals surface area contributed by atoms with Gasteiger partial charge in [0.1, 0.15) is 5.01 Å². The molecule has 0 radical (unpaired) electrons. The molecule has 0 fully saturated rings. The molecule has 1 heterocycles. The Morgan fingerprint density at radius 2 is 1.92 bits per heavy atom. The number of nitrogens with zero attached hydrogens (tertiary/aromatic N) is 1. The highest BCUT2D eigenvalue weighted by Gasteiger charge is 2.34. The summed E-state index contributed by atoms with van der Waals surface area (Å²) < 4.78 is 0. The molecule has 0 bridgehead atoms. The lowest BCUT2D eigenvalue weighted by atomic mass is 9.72. The summed E-state index contributed by atoms with van der Waals surface area (Å²) >= 11 is 3.40. The van der Waals surface area contributed by atoms with Crippen LogP contribution in [-0.2, 0) is 12.2 Å². The van der Waals surface area contributed by atoms with Gasteiger partial charge in [-0.25, -0.2) is 4.98 Å². The fraction of sp³-hybridized carbons (Fsp3) is 0.273. The topological polar surface area (TPSA) is 30.0 Å². The van der Waals surface area contributed by atoms with Gasteiger partial charge < -0.3 is 0 Å². The number of Topliss-reactive ketones (excluding diaryl/α,β-unsaturated/α-hetero) is 1. The van der Waals surface area contributed by atoms with Crippen LogP contribution < -0.4 is 0 Å². The second-order valence-corrected chi connectivity index (χ2v) is 9.43. The highest BCUT2D eigenvalue weighted by Crippen LogP contribution is 2.43. The van der Waals surface area contributed by atoms with Crippen molar-refractivity contribution < 1.29 is 4.79 Å². The van der Waals surface area contributed by atoms with Crippen LogP contribution in [-0.4, -0.2) is 10.8 Å². The summed E-state index contributed by atoms with van der Waals surface area (Å²) in [6.45, 7) is 4.37. The van der Waals surface area contributed by atoms with Gasteiger partial charge in [-0.1, -0.05) is 50.2 Å². The van der Waals surface area contributed by atoms with Gasteiger partial charge in [-0.05, 0) is 29.0 Å². The molecule has 0 atom stereocenters. The largest absolute Gasteiger partial charge is 0.294 e. The molecular formula is C22H21NOS2. The minimum Gasteiger partial charge on any atom is -0.294 e. The van der Waals surface area contributed by atoms with Crippen LogP contribution >= 0.6 is 23.1 Å². The van der Waals surface area contributed by atoms with Gasteiger partial charge in [-0.2, -0.15) is 0 Å². The second kappa shape index (κ2) is 7.01. The van der Waals surface area contributed by atoms with Gasteiger partial charge >= 0.3 is 0 Å². The van der Waals surface area contributed by atoms with Crippen LogP contribution in [0.1, 0.15) is 41.8 Å². The average molecular weight is 380 g/mol. The third kappa shape index (κ3) is 3.49. The van der Waals surface area contributed by atoms with Crippen molar-refractivity contribution in [3.8, 4) is 10.6 Å². The number of ketones is 1. The Morgan fingerprint density at radius 1 is 1.12 bits per heavy atom. The van der Waals surface area contributed by atoms with Crippen LogP contribution in [0.3, 0.4) is 0 Å². The number of rotatable bonds is 4. The summed E-state index contributed by atoms with van der Waals surface area (Å²) in [6, 6.07) is 14.7. The van der Waals surface area contributed by atoms with Crippen molar-refractivity contribution in [2.45, 2.75) is 37.3 Å². The summed E-state index contributed by atoms with van der Waals surface area (Å²) in [7, 11) is 0. The van der Waals surface area contributed by atoms with E-state index < -0.39 is 0 Å². The molecule has 26 heavy (non-hydrogen) atoms. The molecule has 1 aromatic heterocycles. The monoisotopic (exact) mass is 379 g/mol. The Bertz CT molecular complexity index is 930. The Kier molecular flexibility index (Phi) is 4.72. The predicted molar refractivity (Wildman–Crippen MR) is 110 cm³/mol. The number of carbonyl (C=O) groups is 1. The molecule has 1 aliphatic carbocycles. The molecule has 0 saturated heterocycles. The van der Waals surface area contributed by atoms with E-state index in [4.69, 9.17) is 0 Å².